The van der Waals surface area contributed by atoms with Crippen LogP contribution < -0.4 is 40.0 Å². The van der Waals surface area contributed by atoms with Gasteiger partial charge in [0.05, 0.1) is 23.6 Å². The third-order valence-electron chi connectivity index (χ3n) is 3.64. The fourth-order valence-electron chi connectivity index (χ4n) is 2.72. The van der Waals surface area contributed by atoms with Gasteiger partial charge in [-0.3, -0.25) is 9.59 Å². The van der Waals surface area contributed by atoms with E-state index in [1.165, 1.54) is 23.6 Å². The maximum Gasteiger partial charge on any atom is 1.00 e. The maximum atomic E-state index is 11.9. The zero-order valence-corrected chi connectivity index (χ0v) is 15.3. The molecule has 1 fully saturated rings. The van der Waals surface area contributed by atoms with Crippen molar-refractivity contribution in [1.82, 2.24) is 10.2 Å². The van der Waals surface area contributed by atoms with E-state index in [0.29, 0.717) is 23.6 Å². The number of hydrogen-bond acceptors (Lipinski definition) is 5. The molecule has 8 heteroatoms. The minimum absolute atomic E-state index is 0. The summed E-state index contributed by atoms with van der Waals surface area (Å²) in [5, 5.41) is 13.9. The Balaban J connectivity index is 0.00000220. The van der Waals surface area contributed by atoms with Gasteiger partial charge in [0, 0.05) is 30.5 Å². The molecule has 2 unspecified atom stereocenters. The summed E-state index contributed by atoms with van der Waals surface area (Å²) in [6.45, 7) is 3.84. The zero-order chi connectivity index (χ0) is 14.9. The van der Waals surface area contributed by atoms with E-state index in [-0.39, 0.29) is 59.0 Å². The van der Waals surface area contributed by atoms with Crippen molar-refractivity contribution in [3.63, 3.8) is 0 Å². The smallest absolute Gasteiger partial charge is 0.543 e. The molecular weight excluding hydrogens is 303 g/mol. The average Bonchev–Trinajstić information content (AvgIpc) is 2.70. The van der Waals surface area contributed by atoms with Crippen molar-refractivity contribution in [2.45, 2.75) is 32.7 Å². The number of fused-ring (bicyclic) bond motifs is 1. The first-order chi connectivity index (χ1) is 9.47. The van der Waals surface area contributed by atoms with Gasteiger partial charge in [0.1, 0.15) is 0 Å². The van der Waals surface area contributed by atoms with Crippen LogP contribution in [-0.2, 0) is 14.4 Å². The van der Waals surface area contributed by atoms with Crippen molar-refractivity contribution in [2.24, 2.45) is 5.92 Å². The van der Waals surface area contributed by atoms with Crippen molar-refractivity contribution < 1.29 is 49.0 Å². The number of rotatable bonds is 6. The Morgan fingerprint density at radius 1 is 1.48 bits per heavy atom. The average molecular weight is 320 g/mol. The number of thioether (sulfide) groups is 1. The molecule has 0 aromatic rings. The molecule has 6 nitrogen and oxygen atoms in total. The standard InChI is InChI=1S/C13H18N2O4S.Na/c1-3-8-9-6-10(20-5-4-14-7(2)16)11(13(18)19)15(9)12(8)17;/h8-9H,3-6H2,1-2H3,(H,14,16)(H,18,19);/q;+1/p-1. The Kier molecular flexibility index (Phi) is 6.77. The summed E-state index contributed by atoms with van der Waals surface area (Å²) < 4.78 is 0. The van der Waals surface area contributed by atoms with Gasteiger partial charge in [-0.2, -0.15) is 0 Å². The number of carbonyl (C=O) groups is 3. The van der Waals surface area contributed by atoms with E-state index in [0.717, 1.165) is 6.42 Å². The molecule has 2 aliphatic heterocycles. The first-order valence-corrected chi connectivity index (χ1v) is 7.60. The molecule has 2 atom stereocenters. The molecule has 0 aromatic carbocycles. The summed E-state index contributed by atoms with van der Waals surface area (Å²) in [5.74, 6) is -1.02. The second kappa shape index (κ2) is 7.67. The monoisotopic (exact) mass is 320 g/mol. The van der Waals surface area contributed by atoms with E-state index in [4.69, 9.17) is 0 Å². The molecule has 0 aliphatic carbocycles. The number of hydrogen-bond donors (Lipinski definition) is 1. The minimum atomic E-state index is -1.29. The normalized spacial score (nSPS) is 23.3. The molecule has 2 amide bonds. The van der Waals surface area contributed by atoms with Gasteiger partial charge >= 0.3 is 29.6 Å². The van der Waals surface area contributed by atoms with Crippen molar-refractivity contribution in [3.05, 3.63) is 10.6 Å². The van der Waals surface area contributed by atoms with Gasteiger partial charge in [-0.15, -0.1) is 11.8 Å². The summed E-state index contributed by atoms with van der Waals surface area (Å²) in [5.41, 5.74) is 0.0255. The third-order valence-corrected chi connectivity index (χ3v) is 4.75. The van der Waals surface area contributed by atoms with Gasteiger partial charge < -0.3 is 20.1 Å². The summed E-state index contributed by atoms with van der Waals surface area (Å²) >= 11 is 1.37. The van der Waals surface area contributed by atoms with Crippen molar-refractivity contribution >= 4 is 29.5 Å². The van der Waals surface area contributed by atoms with Gasteiger partial charge in [-0.1, -0.05) is 6.92 Å². The number of carbonyl (C=O) groups excluding carboxylic acids is 3. The predicted octanol–water partition coefficient (Wildman–Crippen LogP) is -3.54. The summed E-state index contributed by atoms with van der Waals surface area (Å²) in [6, 6.07) is -0.0244. The van der Waals surface area contributed by atoms with E-state index in [1.807, 2.05) is 6.92 Å². The Hall–Kier alpha value is -0.500. The maximum absolute atomic E-state index is 11.9. The van der Waals surface area contributed by atoms with Crippen LogP contribution in [0.3, 0.4) is 0 Å². The van der Waals surface area contributed by atoms with E-state index in [1.54, 1.807) is 0 Å². The first kappa shape index (κ1) is 18.5. The first-order valence-electron chi connectivity index (χ1n) is 6.62. The molecule has 2 heterocycles. The van der Waals surface area contributed by atoms with Crippen LogP contribution in [-0.4, -0.2) is 41.0 Å². The second-order valence-corrected chi connectivity index (χ2v) is 6.07. The van der Waals surface area contributed by atoms with Gasteiger partial charge in [-0.25, -0.2) is 0 Å². The molecule has 21 heavy (non-hydrogen) atoms. The van der Waals surface area contributed by atoms with Crippen LogP contribution in [0.1, 0.15) is 26.7 Å². The van der Waals surface area contributed by atoms with Gasteiger partial charge in [0.15, 0.2) is 0 Å². The van der Waals surface area contributed by atoms with Gasteiger partial charge in [0.2, 0.25) is 11.8 Å². The van der Waals surface area contributed by atoms with Crippen LogP contribution in [0.4, 0.5) is 0 Å². The largest absolute Gasteiger partial charge is 1.00 e. The molecule has 0 spiro atoms. The number of amides is 2. The van der Waals surface area contributed by atoms with Crippen LogP contribution in [0.5, 0.6) is 0 Å². The molecule has 2 rings (SSSR count). The fraction of sp³-hybridized carbons (Fsp3) is 0.615. The Morgan fingerprint density at radius 3 is 2.67 bits per heavy atom. The molecule has 0 bridgehead atoms. The summed E-state index contributed by atoms with van der Waals surface area (Å²) in [6.07, 6.45) is 1.31. The van der Waals surface area contributed by atoms with Crippen LogP contribution >= 0.6 is 11.8 Å². The fourth-order valence-corrected chi connectivity index (χ4v) is 3.78. The Bertz CT molecular complexity index is 495. The third kappa shape index (κ3) is 3.64. The zero-order valence-electron chi connectivity index (χ0n) is 12.5. The molecule has 1 N–H and O–H groups in total. The number of aliphatic carboxylic acids is 1. The number of β-lactam (4-membered cyclic amide) rings is 1. The van der Waals surface area contributed by atoms with Crippen LogP contribution in [0.25, 0.3) is 0 Å². The predicted molar refractivity (Wildman–Crippen MR) is 72.2 cm³/mol. The van der Waals surface area contributed by atoms with Crippen LogP contribution in [0.2, 0.25) is 0 Å². The molecule has 0 aromatic heterocycles. The van der Waals surface area contributed by atoms with E-state index in [2.05, 4.69) is 5.32 Å². The van der Waals surface area contributed by atoms with Crippen molar-refractivity contribution in [2.75, 3.05) is 12.3 Å². The van der Waals surface area contributed by atoms with E-state index < -0.39 is 5.97 Å². The van der Waals surface area contributed by atoms with E-state index >= 15 is 0 Å². The number of nitrogens with one attached hydrogen (secondary N) is 1. The minimum Gasteiger partial charge on any atom is -0.543 e. The Morgan fingerprint density at radius 2 is 2.14 bits per heavy atom. The molecular formula is C13H17N2NaO4S. The summed E-state index contributed by atoms with van der Waals surface area (Å²) in [7, 11) is 0. The quantitative estimate of drug-likeness (QED) is 0.311. The molecule has 0 saturated carbocycles. The van der Waals surface area contributed by atoms with Crippen molar-refractivity contribution in [1.29, 1.82) is 0 Å². The number of carboxylic acids is 1. The van der Waals surface area contributed by atoms with Crippen LogP contribution in [0, 0.1) is 5.92 Å². The SMILES string of the molecule is CCC1C(=O)N2C(C(=O)[O-])=C(SCCNC(C)=O)CC12.[Na+]. The molecule has 1 saturated heterocycles. The van der Waals surface area contributed by atoms with Gasteiger partial charge in [0.25, 0.3) is 0 Å². The molecule has 0 radical (unpaired) electrons. The summed E-state index contributed by atoms with van der Waals surface area (Å²) in [4.78, 5) is 35.9. The molecule has 2 aliphatic rings. The Labute approximate surface area is 150 Å². The number of carboxylic acid groups (broad SMARTS) is 1. The second-order valence-electron chi connectivity index (χ2n) is 4.89. The molecule has 110 valence electrons. The van der Waals surface area contributed by atoms with Crippen molar-refractivity contribution in [3.8, 4) is 0 Å². The van der Waals surface area contributed by atoms with E-state index in [9.17, 15) is 19.5 Å². The topological polar surface area (TPSA) is 89.5 Å². The van der Waals surface area contributed by atoms with Crippen LogP contribution in [0.15, 0.2) is 10.6 Å². The number of nitrogens with zero attached hydrogens (tertiary/aromatic N) is 1. The van der Waals surface area contributed by atoms with Gasteiger partial charge in [-0.05, 0) is 6.42 Å².